The second-order valence-electron chi connectivity index (χ2n) is 8.85. The Bertz CT molecular complexity index is 1070. The van der Waals surface area contributed by atoms with E-state index in [0.717, 1.165) is 41.0 Å². The quantitative estimate of drug-likeness (QED) is 0.499. The van der Waals surface area contributed by atoms with Gasteiger partial charge < -0.3 is 14.2 Å². The summed E-state index contributed by atoms with van der Waals surface area (Å²) in [6.45, 7) is 7.30. The molecule has 2 aromatic rings. The number of carbonyl (C=O) groups excluding carboxylic acids is 1. The normalized spacial score (nSPS) is 18.4. The standard InChI is InChI=1S/C24H30N2O5/c1-15(27)19-13-25-21(12-22(19)28)18-11-23(30-5)16(14-31-9-8-29-4)10-17(18)20-6-7-24(2,3)26(20)25/h10-13,20H,6-9,14H2,1-5H3/t20-/m1/s1. The highest BCUT2D eigenvalue weighted by Gasteiger charge is 2.45. The van der Waals surface area contributed by atoms with Gasteiger partial charge in [-0.05, 0) is 51.3 Å². The summed E-state index contributed by atoms with van der Waals surface area (Å²) in [5.74, 6) is 0.498. The lowest BCUT2D eigenvalue weighted by Crippen LogP contribution is -2.50. The Kier molecular flexibility index (Phi) is 5.66. The van der Waals surface area contributed by atoms with Crippen molar-refractivity contribution in [2.75, 3.05) is 32.4 Å². The van der Waals surface area contributed by atoms with Gasteiger partial charge >= 0.3 is 0 Å². The molecule has 1 aromatic heterocycles. The second-order valence-corrected chi connectivity index (χ2v) is 8.85. The Morgan fingerprint density at radius 2 is 1.97 bits per heavy atom. The van der Waals surface area contributed by atoms with Gasteiger partial charge in [-0.1, -0.05) is 0 Å². The van der Waals surface area contributed by atoms with E-state index in [2.05, 4.69) is 24.9 Å². The van der Waals surface area contributed by atoms with Crippen molar-refractivity contribution in [2.45, 2.75) is 51.8 Å². The monoisotopic (exact) mass is 426 g/mol. The summed E-state index contributed by atoms with van der Waals surface area (Å²) < 4.78 is 18.5. The molecule has 1 aromatic carbocycles. The molecule has 0 N–H and O–H groups in total. The maximum absolute atomic E-state index is 12.7. The summed E-state index contributed by atoms with van der Waals surface area (Å²) in [6.07, 6.45) is 3.69. The van der Waals surface area contributed by atoms with Crippen molar-refractivity contribution in [3.05, 3.63) is 51.3 Å². The van der Waals surface area contributed by atoms with Crippen LogP contribution in [0.25, 0.3) is 11.3 Å². The van der Waals surface area contributed by atoms with E-state index in [1.165, 1.54) is 6.92 Å². The van der Waals surface area contributed by atoms with Crippen LogP contribution in [0.3, 0.4) is 0 Å². The molecule has 1 saturated heterocycles. The van der Waals surface area contributed by atoms with Crippen molar-refractivity contribution in [3.8, 4) is 17.0 Å². The Balaban J connectivity index is 1.88. The van der Waals surface area contributed by atoms with Gasteiger partial charge in [-0.3, -0.25) is 19.3 Å². The fourth-order valence-electron chi connectivity index (χ4n) is 4.81. The molecule has 3 heterocycles. The van der Waals surface area contributed by atoms with Crippen molar-refractivity contribution in [1.29, 1.82) is 0 Å². The van der Waals surface area contributed by atoms with Gasteiger partial charge in [-0.15, -0.1) is 0 Å². The molecule has 166 valence electrons. The summed E-state index contributed by atoms with van der Waals surface area (Å²) in [4.78, 5) is 24.8. The van der Waals surface area contributed by atoms with E-state index in [4.69, 9.17) is 14.2 Å². The Morgan fingerprint density at radius 3 is 2.65 bits per heavy atom. The topological polar surface area (TPSA) is 70.0 Å². The number of ketones is 1. The van der Waals surface area contributed by atoms with Gasteiger partial charge in [0.15, 0.2) is 11.2 Å². The molecule has 0 saturated carbocycles. The molecule has 0 bridgehead atoms. The second kappa shape index (κ2) is 8.13. The fourth-order valence-corrected chi connectivity index (χ4v) is 4.81. The summed E-state index contributed by atoms with van der Waals surface area (Å²) >= 11 is 0. The fraction of sp³-hybridized carbons (Fsp3) is 0.500. The molecule has 0 radical (unpaired) electrons. The highest BCUT2D eigenvalue weighted by Crippen LogP contribution is 2.49. The molecule has 2 aliphatic heterocycles. The first kappa shape index (κ1) is 21.6. The first-order chi connectivity index (χ1) is 14.8. The van der Waals surface area contributed by atoms with Crippen LogP contribution >= 0.6 is 0 Å². The van der Waals surface area contributed by atoms with Crippen molar-refractivity contribution in [3.63, 3.8) is 0 Å². The van der Waals surface area contributed by atoms with E-state index in [0.29, 0.717) is 19.8 Å². The first-order valence-corrected chi connectivity index (χ1v) is 10.6. The molecule has 1 atom stereocenters. The van der Waals surface area contributed by atoms with E-state index >= 15 is 0 Å². The molecular weight excluding hydrogens is 396 g/mol. The van der Waals surface area contributed by atoms with Crippen molar-refractivity contribution < 1.29 is 19.0 Å². The van der Waals surface area contributed by atoms with Crippen molar-refractivity contribution in [2.24, 2.45) is 0 Å². The van der Waals surface area contributed by atoms with Gasteiger partial charge in [0.25, 0.3) is 0 Å². The Labute approximate surface area is 182 Å². The van der Waals surface area contributed by atoms with Gasteiger partial charge in [0.1, 0.15) is 5.75 Å². The first-order valence-electron chi connectivity index (χ1n) is 10.6. The van der Waals surface area contributed by atoms with Crippen LogP contribution in [0.4, 0.5) is 0 Å². The van der Waals surface area contributed by atoms with Gasteiger partial charge in [-0.25, -0.2) is 0 Å². The third kappa shape index (κ3) is 3.66. The lowest BCUT2D eigenvalue weighted by Gasteiger charge is -2.44. The van der Waals surface area contributed by atoms with Gasteiger partial charge in [0.2, 0.25) is 0 Å². The molecule has 7 nitrogen and oxygen atoms in total. The number of rotatable bonds is 7. The number of methoxy groups -OCH3 is 2. The molecule has 2 aliphatic rings. The number of carbonyl (C=O) groups is 1. The predicted molar refractivity (Wildman–Crippen MR) is 118 cm³/mol. The molecule has 31 heavy (non-hydrogen) atoms. The molecule has 0 amide bonds. The third-order valence-corrected chi connectivity index (χ3v) is 6.36. The van der Waals surface area contributed by atoms with Crippen LogP contribution in [0, 0.1) is 0 Å². The van der Waals surface area contributed by atoms with Gasteiger partial charge in [-0.2, -0.15) is 0 Å². The van der Waals surface area contributed by atoms with Crippen LogP contribution < -0.4 is 15.2 Å². The number of nitrogens with zero attached hydrogens (tertiary/aromatic N) is 2. The predicted octanol–water partition coefficient (Wildman–Crippen LogP) is 3.45. The average molecular weight is 427 g/mol. The van der Waals surface area contributed by atoms with E-state index in [1.54, 1.807) is 26.5 Å². The number of hydrogen-bond donors (Lipinski definition) is 0. The third-order valence-electron chi connectivity index (χ3n) is 6.36. The van der Waals surface area contributed by atoms with Crippen LogP contribution in [0.15, 0.2) is 29.2 Å². The lowest BCUT2D eigenvalue weighted by atomic mass is 9.91. The summed E-state index contributed by atoms with van der Waals surface area (Å²) in [7, 11) is 3.29. The van der Waals surface area contributed by atoms with E-state index in [1.807, 2.05) is 10.7 Å². The SMILES string of the molecule is COCCOCc1cc2c(cc1OC)-c1cc(=O)c(C(C)=O)cn1N1[C@@H]2CCC1(C)C. The van der Waals surface area contributed by atoms with Crippen LogP contribution in [0.5, 0.6) is 5.75 Å². The van der Waals surface area contributed by atoms with E-state index in [9.17, 15) is 9.59 Å². The van der Waals surface area contributed by atoms with E-state index < -0.39 is 0 Å². The van der Waals surface area contributed by atoms with Crippen molar-refractivity contribution >= 4 is 5.78 Å². The van der Waals surface area contributed by atoms with Gasteiger partial charge in [0.05, 0.1) is 49.8 Å². The molecule has 4 rings (SSSR count). The molecule has 0 spiro atoms. The highest BCUT2D eigenvalue weighted by atomic mass is 16.5. The molecule has 7 heteroatoms. The minimum absolute atomic E-state index is 0.116. The number of hydrogen-bond acceptors (Lipinski definition) is 6. The van der Waals surface area contributed by atoms with Gasteiger partial charge in [0, 0.05) is 30.5 Å². The number of Topliss-reactive ketones (excluding diaryl/α,β-unsaturated/α-hetero) is 1. The Hall–Kier alpha value is -2.64. The van der Waals surface area contributed by atoms with E-state index in [-0.39, 0.29) is 28.4 Å². The van der Waals surface area contributed by atoms with Crippen molar-refractivity contribution in [1.82, 2.24) is 4.68 Å². The lowest BCUT2D eigenvalue weighted by molar-refractivity contribution is 0.0607. The zero-order valence-corrected chi connectivity index (χ0v) is 18.9. The Morgan fingerprint density at radius 1 is 1.19 bits per heavy atom. The number of aromatic nitrogens is 1. The maximum Gasteiger partial charge on any atom is 0.193 e. The molecular formula is C24H30N2O5. The highest BCUT2D eigenvalue weighted by molar-refractivity contribution is 5.94. The average Bonchev–Trinajstić information content (AvgIpc) is 3.05. The minimum atomic E-state index is -0.258. The van der Waals surface area contributed by atoms with Crippen LogP contribution in [0.2, 0.25) is 0 Å². The molecule has 1 fully saturated rings. The summed E-state index contributed by atoms with van der Waals surface area (Å²) in [5, 5.41) is 2.30. The van der Waals surface area contributed by atoms with Crippen LogP contribution in [0.1, 0.15) is 61.1 Å². The minimum Gasteiger partial charge on any atom is -0.496 e. The number of fused-ring (bicyclic) bond motifs is 6. The molecule has 0 aliphatic carbocycles. The summed E-state index contributed by atoms with van der Waals surface area (Å²) in [5.41, 5.74) is 3.71. The zero-order valence-electron chi connectivity index (χ0n) is 18.9. The molecule has 0 unspecified atom stereocenters. The maximum atomic E-state index is 12.7. The van der Waals surface area contributed by atoms with Crippen LogP contribution in [-0.2, 0) is 16.1 Å². The smallest absolute Gasteiger partial charge is 0.193 e. The summed E-state index contributed by atoms with van der Waals surface area (Å²) in [6, 6.07) is 5.86. The number of benzene rings is 1. The number of pyridine rings is 1. The van der Waals surface area contributed by atoms with Crippen LogP contribution in [-0.4, -0.2) is 43.4 Å². The number of ether oxygens (including phenoxy) is 3. The zero-order chi connectivity index (χ0) is 22.3. The largest absolute Gasteiger partial charge is 0.496 e.